The summed E-state index contributed by atoms with van der Waals surface area (Å²) in [4.78, 5) is 40.1. The molecule has 38 heavy (non-hydrogen) atoms. The fraction of sp³-hybridized carbons (Fsp3) is 0.552. The minimum Gasteiger partial charge on any atom is -0.493 e. The number of rotatable bonds is 10. The van der Waals surface area contributed by atoms with Gasteiger partial charge in [-0.15, -0.1) is 0 Å². The zero-order chi connectivity index (χ0) is 27.2. The summed E-state index contributed by atoms with van der Waals surface area (Å²) in [7, 11) is 1.46. The maximum atomic E-state index is 13.4. The Morgan fingerprint density at radius 3 is 2.66 bits per heavy atom. The van der Waals surface area contributed by atoms with Gasteiger partial charge in [0.2, 0.25) is 11.8 Å². The van der Waals surface area contributed by atoms with E-state index in [0.717, 1.165) is 25.7 Å². The van der Waals surface area contributed by atoms with E-state index in [-0.39, 0.29) is 19.1 Å². The number of hydrogen-bond donors (Lipinski definition) is 3. The Bertz CT molecular complexity index is 1090. The van der Waals surface area contributed by atoms with E-state index in [0.29, 0.717) is 53.4 Å². The molecule has 1 aromatic rings. The molecule has 9 heteroatoms. The van der Waals surface area contributed by atoms with Gasteiger partial charge < -0.3 is 29.9 Å². The highest BCUT2D eigenvalue weighted by Gasteiger charge is 2.51. The molecule has 3 N–H and O–H groups in total. The molecular formula is C29H38N2O7. The number of fused-ring (bicyclic) bond motifs is 3. The molecule has 4 unspecified atom stereocenters. The van der Waals surface area contributed by atoms with Gasteiger partial charge in [0.25, 0.3) is 0 Å². The number of allylic oxidation sites excluding steroid dienone is 1. The first kappa shape index (κ1) is 27.9. The van der Waals surface area contributed by atoms with Crippen molar-refractivity contribution in [1.82, 2.24) is 10.2 Å². The predicted octanol–water partition coefficient (Wildman–Crippen LogP) is 2.51. The van der Waals surface area contributed by atoms with Gasteiger partial charge in [-0.3, -0.25) is 14.4 Å². The van der Waals surface area contributed by atoms with Crippen molar-refractivity contribution in [1.29, 1.82) is 0 Å². The van der Waals surface area contributed by atoms with Gasteiger partial charge in [-0.25, -0.2) is 0 Å². The van der Waals surface area contributed by atoms with Crippen molar-refractivity contribution < 1.29 is 34.1 Å². The standard InChI is InChI=1S/C29H38N2O7/c1-3-4-10-24(34)31(16-18-8-6-5-7-9-18)22-15-21(29(36)30-11-12-32)25-20-13-19(17-33)14-23(37-2)27(20)38-28(25)26(22)35/h4,10,13-15,17-18,22,25-26,28,32,35H,3,5-9,11-12,16H2,1-2H3,(H,30,36). The van der Waals surface area contributed by atoms with Gasteiger partial charge in [-0.2, -0.15) is 0 Å². The largest absolute Gasteiger partial charge is 0.493 e. The highest BCUT2D eigenvalue weighted by molar-refractivity contribution is 5.97. The quantitative estimate of drug-likeness (QED) is 0.316. The number of methoxy groups -OCH3 is 1. The van der Waals surface area contributed by atoms with E-state index >= 15 is 0 Å². The van der Waals surface area contributed by atoms with Gasteiger partial charge in [0.05, 0.1) is 25.7 Å². The second-order valence-corrected chi connectivity index (χ2v) is 10.2. The van der Waals surface area contributed by atoms with Crippen LogP contribution in [-0.2, 0) is 9.59 Å². The lowest BCUT2D eigenvalue weighted by molar-refractivity contribution is -0.133. The van der Waals surface area contributed by atoms with Crippen LogP contribution in [0.2, 0.25) is 0 Å². The number of carbonyl (C=O) groups is 3. The molecular weight excluding hydrogens is 488 g/mol. The van der Waals surface area contributed by atoms with Gasteiger partial charge in [-0.05, 0) is 49.5 Å². The lowest BCUT2D eigenvalue weighted by atomic mass is 9.77. The Morgan fingerprint density at radius 2 is 2.00 bits per heavy atom. The molecule has 2 amide bonds. The van der Waals surface area contributed by atoms with Gasteiger partial charge in [-0.1, -0.05) is 32.3 Å². The number of carbonyl (C=O) groups excluding carboxylic acids is 3. The molecule has 3 aliphatic rings. The molecule has 1 heterocycles. The summed E-state index contributed by atoms with van der Waals surface area (Å²) in [5.41, 5.74) is 1.24. The molecule has 4 rings (SSSR count). The third-order valence-corrected chi connectivity index (χ3v) is 7.73. The Morgan fingerprint density at radius 1 is 1.24 bits per heavy atom. The molecule has 1 saturated carbocycles. The lowest BCUT2D eigenvalue weighted by Gasteiger charge is -2.42. The minimum atomic E-state index is -1.13. The number of benzene rings is 1. The zero-order valence-corrected chi connectivity index (χ0v) is 22.1. The first-order valence-corrected chi connectivity index (χ1v) is 13.5. The third-order valence-electron chi connectivity index (χ3n) is 7.73. The third kappa shape index (κ3) is 5.63. The number of amides is 2. The van der Waals surface area contributed by atoms with E-state index < -0.39 is 30.1 Å². The Labute approximate surface area is 223 Å². The Kier molecular flexibility index (Phi) is 9.22. The summed E-state index contributed by atoms with van der Waals surface area (Å²) in [5, 5.41) is 23.7. The lowest BCUT2D eigenvalue weighted by Crippen LogP contribution is -2.56. The predicted molar refractivity (Wildman–Crippen MR) is 141 cm³/mol. The van der Waals surface area contributed by atoms with E-state index in [1.165, 1.54) is 19.6 Å². The molecule has 0 aromatic heterocycles. The van der Waals surface area contributed by atoms with Crippen molar-refractivity contribution in [2.45, 2.75) is 69.6 Å². The average Bonchev–Trinajstić information content (AvgIpc) is 3.34. The maximum Gasteiger partial charge on any atom is 0.247 e. The second kappa shape index (κ2) is 12.6. The van der Waals surface area contributed by atoms with E-state index in [1.54, 1.807) is 29.2 Å². The van der Waals surface area contributed by atoms with Gasteiger partial charge in [0.15, 0.2) is 11.5 Å². The highest BCUT2D eigenvalue weighted by atomic mass is 16.5. The molecule has 2 aliphatic carbocycles. The topological polar surface area (TPSA) is 125 Å². The average molecular weight is 527 g/mol. The highest BCUT2D eigenvalue weighted by Crippen LogP contribution is 2.51. The van der Waals surface area contributed by atoms with Crippen LogP contribution in [0.3, 0.4) is 0 Å². The molecule has 1 aromatic carbocycles. The summed E-state index contributed by atoms with van der Waals surface area (Å²) in [6, 6.07) is 2.40. The van der Waals surface area contributed by atoms with Gasteiger partial charge in [0, 0.05) is 29.8 Å². The molecule has 4 atom stereocenters. The summed E-state index contributed by atoms with van der Waals surface area (Å²) < 4.78 is 11.7. The first-order valence-electron chi connectivity index (χ1n) is 13.5. The summed E-state index contributed by atoms with van der Waals surface area (Å²) in [6.45, 7) is 2.24. The number of aliphatic hydroxyl groups is 2. The monoisotopic (exact) mass is 526 g/mol. The van der Waals surface area contributed by atoms with Crippen molar-refractivity contribution in [2.24, 2.45) is 5.92 Å². The smallest absolute Gasteiger partial charge is 0.247 e. The fourth-order valence-corrected chi connectivity index (χ4v) is 5.88. The summed E-state index contributed by atoms with van der Waals surface area (Å²) in [5.74, 6) is -0.315. The van der Waals surface area contributed by atoms with Crippen molar-refractivity contribution in [3.05, 3.63) is 47.1 Å². The van der Waals surface area contributed by atoms with Crippen LogP contribution < -0.4 is 14.8 Å². The summed E-state index contributed by atoms with van der Waals surface area (Å²) >= 11 is 0. The van der Waals surface area contributed by atoms with Crippen LogP contribution in [0.4, 0.5) is 0 Å². The van der Waals surface area contributed by atoms with Crippen LogP contribution >= 0.6 is 0 Å². The van der Waals surface area contributed by atoms with E-state index in [4.69, 9.17) is 9.47 Å². The number of hydrogen-bond acceptors (Lipinski definition) is 7. The van der Waals surface area contributed by atoms with Crippen LogP contribution in [0.15, 0.2) is 35.9 Å². The maximum absolute atomic E-state index is 13.4. The van der Waals surface area contributed by atoms with Crippen LogP contribution in [0.1, 0.15) is 67.3 Å². The SMILES string of the molecule is CCC=CC(=O)N(CC1CCCCC1)C1C=C(C(=O)NCCO)C2c3cc(C=O)cc(OC)c3OC2C1O. The first-order chi connectivity index (χ1) is 18.4. The van der Waals surface area contributed by atoms with Gasteiger partial charge in [0.1, 0.15) is 18.5 Å². The zero-order valence-electron chi connectivity index (χ0n) is 22.1. The van der Waals surface area contributed by atoms with Crippen LogP contribution in [0.5, 0.6) is 11.5 Å². The number of aldehydes is 1. The van der Waals surface area contributed by atoms with Gasteiger partial charge >= 0.3 is 0 Å². The van der Waals surface area contributed by atoms with Crippen molar-refractivity contribution in [3.8, 4) is 11.5 Å². The molecule has 0 bridgehead atoms. The number of aliphatic hydroxyl groups excluding tert-OH is 2. The molecule has 1 fully saturated rings. The second-order valence-electron chi connectivity index (χ2n) is 10.2. The molecule has 9 nitrogen and oxygen atoms in total. The van der Waals surface area contributed by atoms with E-state index in [1.807, 2.05) is 6.92 Å². The molecule has 0 spiro atoms. The number of nitrogens with one attached hydrogen (secondary N) is 1. The molecule has 0 radical (unpaired) electrons. The normalized spacial score (nSPS) is 24.7. The number of ether oxygens (including phenoxy) is 2. The van der Waals surface area contributed by atoms with E-state index in [9.17, 15) is 24.6 Å². The molecule has 206 valence electrons. The number of nitrogens with zero attached hydrogens (tertiary/aromatic N) is 1. The molecule has 1 aliphatic heterocycles. The van der Waals surface area contributed by atoms with Crippen LogP contribution in [-0.4, -0.2) is 78.3 Å². The Hall–Kier alpha value is -3.17. The van der Waals surface area contributed by atoms with E-state index in [2.05, 4.69) is 5.32 Å². The fourth-order valence-electron chi connectivity index (χ4n) is 5.88. The molecule has 0 saturated heterocycles. The van der Waals surface area contributed by atoms with Crippen LogP contribution in [0, 0.1) is 5.92 Å². The van der Waals surface area contributed by atoms with Crippen molar-refractivity contribution in [3.63, 3.8) is 0 Å². The summed E-state index contributed by atoms with van der Waals surface area (Å²) in [6.07, 6.45) is 9.80. The van der Waals surface area contributed by atoms with Crippen molar-refractivity contribution >= 4 is 18.1 Å². The van der Waals surface area contributed by atoms with Crippen molar-refractivity contribution in [2.75, 3.05) is 26.8 Å². The minimum absolute atomic E-state index is 0.0517. The Balaban J connectivity index is 1.78. The van der Waals surface area contributed by atoms with Crippen LogP contribution in [0.25, 0.3) is 0 Å².